The van der Waals surface area contributed by atoms with Gasteiger partial charge >= 0.3 is 0 Å². The van der Waals surface area contributed by atoms with E-state index in [0.717, 1.165) is 13.1 Å². The van der Waals surface area contributed by atoms with Crippen LogP contribution in [0.3, 0.4) is 0 Å². The molecule has 182 valence electrons. The molecule has 0 bridgehead atoms. The van der Waals surface area contributed by atoms with Crippen LogP contribution in [-0.2, 0) is 9.59 Å². The summed E-state index contributed by atoms with van der Waals surface area (Å²) in [4.78, 5) is 29.6. The fraction of sp³-hybridized carbons (Fsp3) is 0.407. The molecular weight excluding hydrogens is 435 g/mol. The molecule has 3 rings (SSSR count). The van der Waals surface area contributed by atoms with Crippen LogP contribution in [0.5, 0.6) is 5.75 Å². The number of likely N-dealkylation sites (N-methyl/N-ethyl adjacent to an activating group) is 1. The van der Waals surface area contributed by atoms with Crippen LogP contribution in [0.15, 0.2) is 54.1 Å². The van der Waals surface area contributed by atoms with E-state index >= 15 is 0 Å². The summed E-state index contributed by atoms with van der Waals surface area (Å²) < 4.78 is 20.5. The van der Waals surface area contributed by atoms with Gasteiger partial charge < -0.3 is 19.6 Å². The summed E-state index contributed by atoms with van der Waals surface area (Å²) in [6.07, 6.45) is 0. The minimum atomic E-state index is -1.01. The molecule has 0 saturated carbocycles. The lowest BCUT2D eigenvalue weighted by Crippen LogP contribution is -2.38. The highest BCUT2D eigenvalue weighted by atomic mass is 19.1. The molecule has 6 nitrogen and oxygen atoms in total. The van der Waals surface area contributed by atoms with Crippen molar-refractivity contribution in [1.29, 1.82) is 0 Å². The van der Waals surface area contributed by atoms with Crippen LogP contribution >= 0.6 is 0 Å². The smallest absolute Gasteiger partial charge is 0.295 e. The molecule has 1 aliphatic rings. The molecule has 0 spiro atoms. The van der Waals surface area contributed by atoms with Crippen molar-refractivity contribution in [2.45, 2.75) is 33.7 Å². The molecule has 1 atom stereocenters. The number of carbonyl (C=O) groups excluding carboxylic acids is 2. The van der Waals surface area contributed by atoms with E-state index in [-0.39, 0.29) is 23.4 Å². The first-order valence-corrected chi connectivity index (χ1v) is 11.8. The number of Topliss-reactive ketones (excluding diaryl/α,β-unsaturated/α-hetero) is 1. The van der Waals surface area contributed by atoms with Crippen molar-refractivity contribution >= 4 is 17.4 Å². The molecule has 2 aromatic carbocycles. The Bertz CT molecular complexity index is 1040. The number of hydrogen-bond donors (Lipinski definition) is 1. The summed E-state index contributed by atoms with van der Waals surface area (Å²) in [6, 6.07) is 11.7. The molecule has 1 unspecified atom stereocenters. The molecule has 1 saturated heterocycles. The van der Waals surface area contributed by atoms with Crippen LogP contribution < -0.4 is 4.74 Å². The van der Waals surface area contributed by atoms with Crippen LogP contribution in [0.4, 0.5) is 4.39 Å². The van der Waals surface area contributed by atoms with Gasteiger partial charge in [-0.2, -0.15) is 0 Å². The SMILES string of the molecule is CCN(CC)CCN1C(=O)C(=O)/C(=C(\O)c2ccc(OCC(C)C)cc2)C1c1ccccc1F. The predicted molar refractivity (Wildman–Crippen MR) is 130 cm³/mol. The fourth-order valence-corrected chi connectivity index (χ4v) is 4.05. The molecule has 1 heterocycles. The van der Waals surface area contributed by atoms with Gasteiger partial charge in [-0.25, -0.2) is 4.39 Å². The van der Waals surface area contributed by atoms with Crippen molar-refractivity contribution in [2.24, 2.45) is 5.92 Å². The number of aliphatic hydroxyl groups excluding tert-OH is 1. The maximum Gasteiger partial charge on any atom is 0.295 e. The number of likely N-dealkylation sites (tertiary alicyclic amines) is 1. The Kier molecular flexibility index (Phi) is 8.45. The normalized spacial score (nSPS) is 17.7. The second-order valence-corrected chi connectivity index (χ2v) is 8.77. The average Bonchev–Trinajstić information content (AvgIpc) is 3.08. The van der Waals surface area contributed by atoms with Crippen LogP contribution in [0.2, 0.25) is 0 Å². The zero-order valence-electron chi connectivity index (χ0n) is 20.3. The highest BCUT2D eigenvalue weighted by molar-refractivity contribution is 6.46. The van der Waals surface area contributed by atoms with Gasteiger partial charge in [-0.05, 0) is 49.3 Å². The molecule has 0 aromatic heterocycles. The minimum Gasteiger partial charge on any atom is -0.507 e. The third-order valence-corrected chi connectivity index (χ3v) is 6.00. The Hall–Kier alpha value is -3.19. The molecule has 1 fully saturated rings. The topological polar surface area (TPSA) is 70.1 Å². The van der Waals surface area contributed by atoms with E-state index in [1.165, 1.54) is 11.0 Å². The third kappa shape index (κ3) is 5.47. The lowest BCUT2D eigenvalue weighted by atomic mass is 9.95. The highest BCUT2D eigenvalue weighted by Gasteiger charge is 2.46. The van der Waals surface area contributed by atoms with E-state index in [0.29, 0.717) is 30.4 Å². The van der Waals surface area contributed by atoms with Crippen molar-refractivity contribution in [1.82, 2.24) is 9.80 Å². The number of aliphatic hydroxyl groups is 1. The first-order valence-electron chi connectivity index (χ1n) is 11.8. The van der Waals surface area contributed by atoms with Crippen LogP contribution in [0, 0.1) is 11.7 Å². The Balaban J connectivity index is 2.02. The molecule has 1 N–H and O–H groups in total. The van der Waals surface area contributed by atoms with Gasteiger partial charge in [-0.3, -0.25) is 9.59 Å². The zero-order valence-corrected chi connectivity index (χ0v) is 20.3. The summed E-state index contributed by atoms with van der Waals surface area (Å²) in [5, 5.41) is 11.1. The van der Waals surface area contributed by atoms with Crippen LogP contribution in [0.25, 0.3) is 5.76 Å². The van der Waals surface area contributed by atoms with E-state index in [2.05, 4.69) is 4.90 Å². The second-order valence-electron chi connectivity index (χ2n) is 8.77. The van der Waals surface area contributed by atoms with Crippen molar-refractivity contribution in [3.8, 4) is 5.75 Å². The molecular formula is C27H33FN2O4. The van der Waals surface area contributed by atoms with Gasteiger partial charge in [0.05, 0.1) is 18.2 Å². The van der Waals surface area contributed by atoms with Crippen molar-refractivity contribution in [3.63, 3.8) is 0 Å². The third-order valence-electron chi connectivity index (χ3n) is 6.00. The number of hydrogen-bond acceptors (Lipinski definition) is 5. The van der Waals surface area contributed by atoms with E-state index < -0.39 is 23.5 Å². The van der Waals surface area contributed by atoms with Gasteiger partial charge in [0.1, 0.15) is 17.3 Å². The Morgan fingerprint density at radius 3 is 2.32 bits per heavy atom. The Morgan fingerprint density at radius 2 is 1.74 bits per heavy atom. The number of amides is 1. The van der Waals surface area contributed by atoms with Gasteiger partial charge in [-0.1, -0.05) is 45.9 Å². The molecule has 2 aromatic rings. The van der Waals surface area contributed by atoms with Gasteiger partial charge in [-0.15, -0.1) is 0 Å². The number of benzene rings is 2. The van der Waals surface area contributed by atoms with E-state index in [9.17, 15) is 19.1 Å². The molecule has 0 radical (unpaired) electrons. The van der Waals surface area contributed by atoms with Crippen molar-refractivity contribution < 1.29 is 23.8 Å². The van der Waals surface area contributed by atoms with Crippen molar-refractivity contribution in [2.75, 3.05) is 32.8 Å². The molecule has 0 aliphatic carbocycles. The quantitative estimate of drug-likeness (QED) is 0.313. The Morgan fingerprint density at radius 1 is 1.09 bits per heavy atom. The van der Waals surface area contributed by atoms with E-state index in [1.807, 2.05) is 27.7 Å². The van der Waals surface area contributed by atoms with Gasteiger partial charge in [0.25, 0.3) is 11.7 Å². The standard InChI is InChI=1S/C27H33FN2O4/c1-5-29(6-2)15-16-30-24(21-9-7-8-10-22(21)28)23(26(32)27(30)33)25(31)19-11-13-20(14-12-19)34-17-18(3)4/h7-14,18,24,31H,5-6,15-17H2,1-4H3/b25-23-. The maximum absolute atomic E-state index is 14.9. The second kappa shape index (κ2) is 11.3. The number of halogens is 1. The van der Waals surface area contributed by atoms with Crippen LogP contribution in [0.1, 0.15) is 44.9 Å². The van der Waals surface area contributed by atoms with Gasteiger partial charge in [0.2, 0.25) is 0 Å². The summed E-state index contributed by atoms with van der Waals surface area (Å²) in [7, 11) is 0. The predicted octanol–water partition coefficient (Wildman–Crippen LogP) is 4.62. The lowest BCUT2D eigenvalue weighted by Gasteiger charge is -2.28. The number of ether oxygens (including phenoxy) is 1. The van der Waals surface area contributed by atoms with Gasteiger partial charge in [0.15, 0.2) is 0 Å². The Labute approximate surface area is 200 Å². The number of nitrogens with zero attached hydrogens (tertiary/aromatic N) is 2. The molecule has 34 heavy (non-hydrogen) atoms. The van der Waals surface area contributed by atoms with Gasteiger partial charge in [0, 0.05) is 24.2 Å². The summed E-state index contributed by atoms with van der Waals surface area (Å²) in [6.45, 7) is 11.0. The molecule has 7 heteroatoms. The fourth-order valence-electron chi connectivity index (χ4n) is 4.05. The van der Waals surface area contributed by atoms with E-state index in [1.54, 1.807) is 42.5 Å². The maximum atomic E-state index is 14.9. The highest BCUT2D eigenvalue weighted by Crippen LogP contribution is 2.40. The van der Waals surface area contributed by atoms with Crippen molar-refractivity contribution in [3.05, 3.63) is 71.0 Å². The number of carbonyl (C=O) groups is 2. The lowest BCUT2D eigenvalue weighted by molar-refractivity contribution is -0.140. The average molecular weight is 469 g/mol. The summed E-state index contributed by atoms with van der Waals surface area (Å²) in [5.74, 6) is -1.42. The largest absolute Gasteiger partial charge is 0.507 e. The zero-order chi connectivity index (χ0) is 24.8. The summed E-state index contributed by atoms with van der Waals surface area (Å²) >= 11 is 0. The van der Waals surface area contributed by atoms with Crippen LogP contribution in [-0.4, -0.2) is 59.4 Å². The summed E-state index contributed by atoms with van der Waals surface area (Å²) in [5.41, 5.74) is 0.435. The minimum absolute atomic E-state index is 0.106. The molecule has 1 amide bonds. The number of rotatable bonds is 10. The first-order chi connectivity index (χ1) is 16.3. The number of ketones is 1. The monoisotopic (exact) mass is 468 g/mol. The first kappa shape index (κ1) is 25.4. The molecule has 1 aliphatic heterocycles. The van der Waals surface area contributed by atoms with E-state index in [4.69, 9.17) is 4.74 Å².